The summed E-state index contributed by atoms with van der Waals surface area (Å²) in [5.41, 5.74) is 4.31. The van der Waals surface area contributed by atoms with E-state index in [0.717, 1.165) is 16.7 Å². The number of aromatic nitrogens is 1. The summed E-state index contributed by atoms with van der Waals surface area (Å²) in [6.45, 7) is 1.98. The first kappa shape index (κ1) is 19.3. The molecule has 1 aliphatic heterocycles. The summed E-state index contributed by atoms with van der Waals surface area (Å²) < 4.78 is 0. The Morgan fingerprint density at radius 2 is 1.83 bits per heavy atom. The normalized spacial score (nSPS) is 15.8. The zero-order valence-electron chi connectivity index (χ0n) is 16.4. The number of carboxylic acids is 1. The molecule has 1 fully saturated rings. The molecule has 3 aromatic rings. The van der Waals surface area contributed by atoms with Crippen molar-refractivity contribution in [2.75, 3.05) is 11.4 Å². The number of aryl methyl sites for hydroxylation is 1. The first-order valence-electron chi connectivity index (χ1n) is 9.58. The Morgan fingerprint density at radius 1 is 1.13 bits per heavy atom. The van der Waals surface area contributed by atoms with Crippen LogP contribution in [0.25, 0.3) is 22.4 Å². The molecular weight excluding hydrogens is 378 g/mol. The summed E-state index contributed by atoms with van der Waals surface area (Å²) in [5.74, 6) is -1.97. The van der Waals surface area contributed by atoms with Crippen LogP contribution in [0.2, 0.25) is 0 Å². The molecule has 0 radical (unpaired) electrons. The van der Waals surface area contributed by atoms with E-state index in [9.17, 15) is 20.0 Å². The van der Waals surface area contributed by atoms with Crippen LogP contribution < -0.4 is 4.90 Å². The third kappa shape index (κ3) is 3.53. The Balaban J connectivity index is 1.93. The van der Waals surface area contributed by atoms with Crippen LogP contribution in [0.1, 0.15) is 17.5 Å². The smallest absolute Gasteiger partial charge is 0.308 e. The van der Waals surface area contributed by atoms with Gasteiger partial charge in [-0.05, 0) is 18.6 Å². The van der Waals surface area contributed by atoms with Crippen LogP contribution >= 0.6 is 0 Å². The van der Waals surface area contributed by atoms with Gasteiger partial charge in [-0.1, -0.05) is 60.2 Å². The van der Waals surface area contributed by atoms with Crippen molar-refractivity contribution in [3.63, 3.8) is 0 Å². The maximum absolute atomic E-state index is 12.6. The van der Waals surface area contributed by atoms with Gasteiger partial charge in [0, 0.05) is 24.1 Å². The predicted octanol–water partition coefficient (Wildman–Crippen LogP) is 4.03. The molecule has 0 saturated carbocycles. The van der Waals surface area contributed by atoms with E-state index in [1.165, 1.54) is 4.90 Å². The second kappa shape index (κ2) is 7.80. The fourth-order valence-electron chi connectivity index (χ4n) is 3.63. The number of pyridine rings is 1. The molecule has 1 atom stereocenters. The van der Waals surface area contributed by atoms with Crippen molar-refractivity contribution >= 4 is 17.7 Å². The monoisotopic (exact) mass is 397 g/mol. The number of benzene rings is 2. The largest absolute Gasteiger partial charge is 0.481 e. The summed E-state index contributed by atoms with van der Waals surface area (Å²) in [5, 5.41) is 19.3. The first-order chi connectivity index (χ1) is 14.5. The number of nitriles is 1. The molecular formula is C24H19N3O3. The standard InChI is InChI=1S/C24H19N3O3/c1-15-7-9-16(10-8-15)19-12-21(17-5-3-2-4-6-17)26-23(20(19)13-25)27-14-18(24(29)30)11-22(27)28/h2-10,12,18H,11,14H2,1H3,(H,29,30). The summed E-state index contributed by atoms with van der Waals surface area (Å²) >= 11 is 0. The first-order valence-corrected chi connectivity index (χ1v) is 9.58. The van der Waals surface area contributed by atoms with Gasteiger partial charge in [-0.2, -0.15) is 5.26 Å². The second-order valence-corrected chi connectivity index (χ2v) is 7.34. The van der Waals surface area contributed by atoms with Crippen molar-refractivity contribution in [1.82, 2.24) is 4.98 Å². The van der Waals surface area contributed by atoms with Crippen LogP contribution in [0.5, 0.6) is 0 Å². The highest BCUT2D eigenvalue weighted by Gasteiger charge is 2.37. The van der Waals surface area contributed by atoms with Crippen LogP contribution in [0.3, 0.4) is 0 Å². The lowest BCUT2D eigenvalue weighted by molar-refractivity contribution is -0.141. The third-order valence-corrected chi connectivity index (χ3v) is 5.27. The van der Waals surface area contributed by atoms with E-state index >= 15 is 0 Å². The SMILES string of the molecule is Cc1ccc(-c2cc(-c3ccccc3)nc(N3CC(C(=O)O)CC3=O)c2C#N)cc1. The highest BCUT2D eigenvalue weighted by molar-refractivity contribution is 6.00. The summed E-state index contributed by atoms with van der Waals surface area (Å²) in [6, 6.07) is 21.3. The minimum atomic E-state index is -1.03. The number of anilines is 1. The number of rotatable bonds is 4. The number of carboxylic acid groups (broad SMARTS) is 1. The number of hydrogen-bond donors (Lipinski definition) is 1. The van der Waals surface area contributed by atoms with Crippen molar-refractivity contribution in [1.29, 1.82) is 5.26 Å². The van der Waals surface area contributed by atoms with Crippen LogP contribution in [-0.4, -0.2) is 28.5 Å². The molecule has 1 unspecified atom stereocenters. The lowest BCUT2D eigenvalue weighted by atomic mass is 9.97. The van der Waals surface area contributed by atoms with Crippen molar-refractivity contribution in [3.8, 4) is 28.5 Å². The lowest BCUT2D eigenvalue weighted by Crippen LogP contribution is -2.28. The molecule has 1 saturated heterocycles. The zero-order valence-corrected chi connectivity index (χ0v) is 16.4. The van der Waals surface area contributed by atoms with E-state index in [0.29, 0.717) is 11.3 Å². The van der Waals surface area contributed by atoms with Gasteiger partial charge in [0.25, 0.3) is 0 Å². The lowest BCUT2D eigenvalue weighted by Gasteiger charge is -2.20. The van der Waals surface area contributed by atoms with Gasteiger partial charge in [-0.25, -0.2) is 4.98 Å². The van der Waals surface area contributed by atoms with Gasteiger partial charge in [-0.3, -0.25) is 14.5 Å². The third-order valence-electron chi connectivity index (χ3n) is 5.27. The fraction of sp³-hybridized carbons (Fsp3) is 0.167. The number of amides is 1. The highest BCUT2D eigenvalue weighted by Crippen LogP contribution is 2.36. The van der Waals surface area contributed by atoms with Gasteiger partial charge in [-0.15, -0.1) is 0 Å². The Morgan fingerprint density at radius 3 is 2.43 bits per heavy atom. The minimum absolute atomic E-state index is 0.00142. The average Bonchev–Trinajstić information content (AvgIpc) is 3.16. The molecule has 1 aliphatic rings. The topological polar surface area (TPSA) is 94.3 Å². The molecule has 1 N–H and O–H groups in total. The number of carbonyl (C=O) groups is 2. The van der Waals surface area contributed by atoms with Crippen LogP contribution in [0.15, 0.2) is 60.7 Å². The van der Waals surface area contributed by atoms with Gasteiger partial charge in [0.2, 0.25) is 5.91 Å². The molecule has 0 spiro atoms. The Kier molecular flexibility index (Phi) is 5.03. The van der Waals surface area contributed by atoms with E-state index in [1.54, 1.807) is 0 Å². The fourth-order valence-corrected chi connectivity index (χ4v) is 3.63. The molecule has 2 aromatic carbocycles. The number of carbonyl (C=O) groups excluding carboxylic acids is 1. The van der Waals surface area contributed by atoms with Crippen molar-refractivity contribution in [2.45, 2.75) is 13.3 Å². The van der Waals surface area contributed by atoms with E-state index in [2.05, 4.69) is 11.1 Å². The summed E-state index contributed by atoms with van der Waals surface area (Å²) in [4.78, 5) is 30.0. The molecule has 148 valence electrons. The van der Waals surface area contributed by atoms with Crippen LogP contribution in [0.4, 0.5) is 5.82 Å². The van der Waals surface area contributed by atoms with Gasteiger partial charge < -0.3 is 5.11 Å². The summed E-state index contributed by atoms with van der Waals surface area (Å²) in [6.07, 6.45) is -0.0999. The van der Waals surface area contributed by atoms with Crippen LogP contribution in [0, 0.1) is 24.2 Å². The maximum Gasteiger partial charge on any atom is 0.308 e. The van der Waals surface area contributed by atoms with Crippen molar-refractivity contribution < 1.29 is 14.7 Å². The maximum atomic E-state index is 12.6. The number of aliphatic carboxylic acids is 1. The Labute approximate surface area is 174 Å². The number of nitrogens with zero attached hydrogens (tertiary/aromatic N) is 3. The van der Waals surface area contributed by atoms with Gasteiger partial charge in [0.1, 0.15) is 11.6 Å². The molecule has 6 heteroatoms. The van der Waals surface area contributed by atoms with E-state index in [4.69, 9.17) is 0 Å². The Bertz CT molecular complexity index is 1160. The second-order valence-electron chi connectivity index (χ2n) is 7.34. The quantitative estimate of drug-likeness (QED) is 0.717. The number of hydrogen-bond acceptors (Lipinski definition) is 4. The van der Waals surface area contributed by atoms with E-state index in [1.807, 2.05) is 67.6 Å². The molecule has 30 heavy (non-hydrogen) atoms. The minimum Gasteiger partial charge on any atom is -0.481 e. The highest BCUT2D eigenvalue weighted by atomic mass is 16.4. The zero-order chi connectivity index (χ0) is 21.3. The van der Waals surface area contributed by atoms with Gasteiger partial charge >= 0.3 is 5.97 Å². The Hall–Kier alpha value is -3.98. The molecule has 4 rings (SSSR count). The van der Waals surface area contributed by atoms with E-state index < -0.39 is 11.9 Å². The van der Waals surface area contributed by atoms with Crippen molar-refractivity contribution in [2.24, 2.45) is 5.92 Å². The van der Waals surface area contributed by atoms with Gasteiger partial charge in [0.15, 0.2) is 5.82 Å². The molecule has 2 heterocycles. The van der Waals surface area contributed by atoms with Gasteiger partial charge in [0.05, 0.1) is 11.6 Å². The van der Waals surface area contributed by atoms with Crippen LogP contribution in [-0.2, 0) is 9.59 Å². The molecule has 6 nitrogen and oxygen atoms in total. The molecule has 1 aromatic heterocycles. The average molecular weight is 397 g/mol. The van der Waals surface area contributed by atoms with E-state index in [-0.39, 0.29) is 30.3 Å². The van der Waals surface area contributed by atoms with Crippen molar-refractivity contribution in [3.05, 3.63) is 71.8 Å². The molecule has 0 bridgehead atoms. The molecule has 1 amide bonds. The predicted molar refractivity (Wildman–Crippen MR) is 113 cm³/mol. The molecule has 0 aliphatic carbocycles. The summed E-state index contributed by atoms with van der Waals surface area (Å²) in [7, 11) is 0.